The number of hydrogen-bond donors (Lipinski definition) is 2. The van der Waals surface area contributed by atoms with Crippen LogP contribution in [0.5, 0.6) is 0 Å². The maximum atomic E-state index is 12.2. The zero-order valence-corrected chi connectivity index (χ0v) is 11.4. The van der Waals surface area contributed by atoms with Crippen molar-refractivity contribution in [2.24, 2.45) is 0 Å². The zero-order valence-electron chi connectivity index (χ0n) is 9.85. The SMILES string of the molecule is O=C(Nc1ccccc1Br)c1n[nH]c2ccccc12. The molecule has 1 amide bonds. The highest BCUT2D eigenvalue weighted by atomic mass is 79.9. The number of aromatic nitrogens is 2. The molecule has 0 radical (unpaired) electrons. The van der Waals surface area contributed by atoms with Crippen LogP contribution < -0.4 is 5.32 Å². The van der Waals surface area contributed by atoms with Crippen LogP contribution in [0.2, 0.25) is 0 Å². The molecule has 3 aromatic rings. The van der Waals surface area contributed by atoms with Gasteiger partial charge in [0, 0.05) is 9.86 Å². The molecule has 3 rings (SSSR count). The summed E-state index contributed by atoms with van der Waals surface area (Å²) in [4.78, 5) is 12.2. The van der Waals surface area contributed by atoms with Gasteiger partial charge < -0.3 is 5.32 Å². The molecule has 0 aliphatic heterocycles. The standard InChI is InChI=1S/C14H10BrN3O/c15-10-6-2-4-8-12(10)16-14(19)13-9-5-1-3-7-11(9)17-18-13/h1-8H,(H,16,19)(H,17,18). The fraction of sp³-hybridized carbons (Fsp3) is 0. The second-order valence-corrected chi connectivity index (χ2v) is 4.91. The van der Waals surface area contributed by atoms with Crippen LogP contribution in [0.3, 0.4) is 0 Å². The average Bonchev–Trinajstić information content (AvgIpc) is 2.85. The van der Waals surface area contributed by atoms with E-state index in [-0.39, 0.29) is 5.91 Å². The lowest BCUT2D eigenvalue weighted by Gasteiger charge is -2.05. The molecule has 0 unspecified atom stereocenters. The molecular formula is C14H10BrN3O. The van der Waals surface area contributed by atoms with E-state index in [0.29, 0.717) is 5.69 Å². The zero-order chi connectivity index (χ0) is 13.2. The van der Waals surface area contributed by atoms with Gasteiger partial charge in [-0.25, -0.2) is 0 Å². The van der Waals surface area contributed by atoms with Crippen LogP contribution >= 0.6 is 15.9 Å². The summed E-state index contributed by atoms with van der Waals surface area (Å²) in [7, 11) is 0. The Morgan fingerprint density at radius 1 is 1.11 bits per heavy atom. The van der Waals surface area contributed by atoms with Gasteiger partial charge in [0.1, 0.15) is 0 Å². The van der Waals surface area contributed by atoms with Gasteiger partial charge in [-0.15, -0.1) is 0 Å². The normalized spacial score (nSPS) is 10.6. The van der Waals surface area contributed by atoms with Crippen LogP contribution in [0.1, 0.15) is 10.5 Å². The predicted molar refractivity (Wildman–Crippen MR) is 78.2 cm³/mol. The van der Waals surface area contributed by atoms with E-state index in [9.17, 15) is 4.79 Å². The number of carbonyl (C=O) groups is 1. The fourth-order valence-corrected chi connectivity index (χ4v) is 2.26. The summed E-state index contributed by atoms with van der Waals surface area (Å²) in [6.07, 6.45) is 0. The van der Waals surface area contributed by atoms with Gasteiger partial charge in [0.25, 0.3) is 5.91 Å². The summed E-state index contributed by atoms with van der Waals surface area (Å²) in [5, 5.41) is 10.6. The van der Waals surface area contributed by atoms with E-state index in [1.807, 2.05) is 48.5 Å². The molecule has 0 saturated heterocycles. The molecule has 4 nitrogen and oxygen atoms in total. The number of nitrogens with zero attached hydrogens (tertiary/aromatic N) is 1. The average molecular weight is 316 g/mol. The van der Waals surface area contributed by atoms with Crippen LogP contribution in [0, 0.1) is 0 Å². The third kappa shape index (κ3) is 2.24. The van der Waals surface area contributed by atoms with Gasteiger partial charge in [-0.3, -0.25) is 9.89 Å². The number of H-pyrrole nitrogens is 1. The largest absolute Gasteiger partial charge is 0.320 e. The number of nitrogens with one attached hydrogen (secondary N) is 2. The fourth-order valence-electron chi connectivity index (χ4n) is 1.88. The molecule has 19 heavy (non-hydrogen) atoms. The highest BCUT2D eigenvalue weighted by Gasteiger charge is 2.14. The first-order valence-corrected chi connectivity index (χ1v) is 6.54. The number of halogens is 1. The highest BCUT2D eigenvalue weighted by molar-refractivity contribution is 9.10. The molecule has 2 aromatic carbocycles. The first kappa shape index (κ1) is 11.9. The number of benzene rings is 2. The van der Waals surface area contributed by atoms with Crippen LogP contribution in [-0.4, -0.2) is 16.1 Å². The highest BCUT2D eigenvalue weighted by Crippen LogP contribution is 2.23. The minimum Gasteiger partial charge on any atom is -0.320 e. The van der Waals surface area contributed by atoms with Crippen molar-refractivity contribution in [3.05, 3.63) is 58.7 Å². The number of fused-ring (bicyclic) bond motifs is 1. The van der Waals surface area contributed by atoms with Gasteiger partial charge in [-0.1, -0.05) is 30.3 Å². The Hall–Kier alpha value is -2.14. The lowest BCUT2D eigenvalue weighted by Crippen LogP contribution is -2.13. The number of amides is 1. The number of rotatable bonds is 2. The summed E-state index contributed by atoms with van der Waals surface area (Å²) in [6.45, 7) is 0. The molecule has 94 valence electrons. The molecule has 1 aromatic heterocycles. The molecule has 0 saturated carbocycles. The molecule has 0 spiro atoms. The van der Waals surface area contributed by atoms with Crippen molar-refractivity contribution in [2.75, 3.05) is 5.32 Å². The van der Waals surface area contributed by atoms with Crippen LogP contribution in [0.25, 0.3) is 10.9 Å². The van der Waals surface area contributed by atoms with E-state index in [1.165, 1.54) is 0 Å². The third-order valence-electron chi connectivity index (χ3n) is 2.81. The summed E-state index contributed by atoms with van der Waals surface area (Å²) in [5.41, 5.74) is 1.96. The number of anilines is 1. The van der Waals surface area contributed by atoms with Crippen LogP contribution in [0.15, 0.2) is 53.0 Å². The van der Waals surface area contributed by atoms with Gasteiger partial charge in [-0.05, 0) is 34.1 Å². The van der Waals surface area contributed by atoms with Crippen molar-refractivity contribution in [2.45, 2.75) is 0 Å². The minimum absolute atomic E-state index is 0.232. The molecule has 0 bridgehead atoms. The van der Waals surface area contributed by atoms with E-state index in [4.69, 9.17) is 0 Å². The lowest BCUT2D eigenvalue weighted by atomic mass is 10.2. The summed E-state index contributed by atoms with van der Waals surface area (Å²) in [5.74, 6) is -0.232. The summed E-state index contributed by atoms with van der Waals surface area (Å²) < 4.78 is 0.836. The molecule has 2 N–H and O–H groups in total. The van der Waals surface area contributed by atoms with E-state index < -0.39 is 0 Å². The number of aromatic amines is 1. The van der Waals surface area contributed by atoms with Crippen LogP contribution in [0.4, 0.5) is 5.69 Å². The Kier molecular flexibility index (Phi) is 3.05. The van der Waals surface area contributed by atoms with Gasteiger partial charge in [0.15, 0.2) is 5.69 Å². The van der Waals surface area contributed by atoms with Crippen molar-refractivity contribution in [3.8, 4) is 0 Å². The molecular weight excluding hydrogens is 306 g/mol. The van der Waals surface area contributed by atoms with Gasteiger partial charge in [0.2, 0.25) is 0 Å². The Morgan fingerprint density at radius 2 is 1.84 bits per heavy atom. The molecule has 5 heteroatoms. The van der Waals surface area contributed by atoms with E-state index >= 15 is 0 Å². The van der Waals surface area contributed by atoms with Crippen molar-refractivity contribution < 1.29 is 4.79 Å². The first-order chi connectivity index (χ1) is 9.25. The third-order valence-corrected chi connectivity index (χ3v) is 3.50. The first-order valence-electron chi connectivity index (χ1n) is 5.75. The molecule has 0 atom stereocenters. The van der Waals surface area contributed by atoms with E-state index in [0.717, 1.165) is 21.1 Å². The van der Waals surface area contributed by atoms with Gasteiger partial charge in [-0.2, -0.15) is 5.10 Å². The Bertz CT molecular complexity index is 751. The second kappa shape index (κ2) is 4.85. The van der Waals surface area contributed by atoms with Crippen molar-refractivity contribution >= 4 is 38.4 Å². The Morgan fingerprint density at radius 3 is 2.68 bits per heavy atom. The van der Waals surface area contributed by atoms with Crippen molar-refractivity contribution in [3.63, 3.8) is 0 Å². The Balaban J connectivity index is 1.95. The van der Waals surface area contributed by atoms with Gasteiger partial charge >= 0.3 is 0 Å². The van der Waals surface area contributed by atoms with Crippen molar-refractivity contribution in [1.29, 1.82) is 0 Å². The lowest BCUT2D eigenvalue weighted by molar-refractivity contribution is 0.102. The smallest absolute Gasteiger partial charge is 0.276 e. The predicted octanol–water partition coefficient (Wildman–Crippen LogP) is 3.58. The number of carbonyl (C=O) groups excluding carboxylic acids is 1. The molecule has 1 heterocycles. The monoisotopic (exact) mass is 315 g/mol. The molecule has 0 aliphatic rings. The van der Waals surface area contributed by atoms with E-state index in [2.05, 4.69) is 31.4 Å². The van der Waals surface area contributed by atoms with E-state index in [1.54, 1.807) is 0 Å². The van der Waals surface area contributed by atoms with Crippen molar-refractivity contribution in [1.82, 2.24) is 10.2 Å². The summed E-state index contributed by atoms with van der Waals surface area (Å²) >= 11 is 3.39. The topological polar surface area (TPSA) is 57.8 Å². The number of hydrogen-bond acceptors (Lipinski definition) is 2. The second-order valence-electron chi connectivity index (χ2n) is 4.05. The minimum atomic E-state index is -0.232. The maximum absolute atomic E-state index is 12.2. The molecule has 0 fully saturated rings. The Labute approximate surface area is 118 Å². The number of para-hydroxylation sites is 2. The molecule has 0 aliphatic carbocycles. The summed E-state index contributed by atoms with van der Waals surface area (Å²) in [6, 6.07) is 15.0. The maximum Gasteiger partial charge on any atom is 0.276 e. The van der Waals surface area contributed by atoms with Crippen LogP contribution in [-0.2, 0) is 0 Å². The quantitative estimate of drug-likeness (QED) is 0.759. The van der Waals surface area contributed by atoms with Gasteiger partial charge in [0.05, 0.1) is 11.2 Å².